The number of fused-ring (bicyclic) bond motifs is 1. The Labute approximate surface area is 153 Å². The lowest BCUT2D eigenvalue weighted by Crippen LogP contribution is -2.18. The average Bonchev–Trinajstić information content (AvgIpc) is 3.03. The number of hydrogen-bond acceptors (Lipinski definition) is 4. The summed E-state index contributed by atoms with van der Waals surface area (Å²) < 4.78 is 32.6. The number of alkyl halides is 2. The second-order valence-electron chi connectivity index (χ2n) is 5.85. The molecule has 3 aromatic rings. The van der Waals surface area contributed by atoms with Crippen molar-refractivity contribution in [1.82, 2.24) is 14.9 Å². The third-order valence-electron chi connectivity index (χ3n) is 3.93. The maximum Gasteiger partial charge on any atom is 0.338 e. The maximum absolute atomic E-state index is 13.4. The molecule has 1 N–H and O–H groups in total. The zero-order valence-electron chi connectivity index (χ0n) is 14.5. The molecule has 3 rings (SSSR count). The third-order valence-corrected chi connectivity index (χ3v) is 3.93. The number of esters is 1. The van der Waals surface area contributed by atoms with E-state index in [9.17, 15) is 18.4 Å². The first kappa shape index (κ1) is 18.5. The normalized spacial score (nSPS) is 11.0. The molecule has 0 saturated heterocycles. The number of aromatic nitrogens is 2. The SMILES string of the molecule is CC(=O)NCc1ccc(C(=O)OCc2nc3ccccc3n2C(F)F)cc1. The van der Waals surface area contributed by atoms with Crippen LogP contribution >= 0.6 is 0 Å². The van der Waals surface area contributed by atoms with Gasteiger partial charge in [-0.15, -0.1) is 0 Å². The summed E-state index contributed by atoms with van der Waals surface area (Å²) >= 11 is 0. The molecule has 0 unspecified atom stereocenters. The van der Waals surface area contributed by atoms with Crippen LogP contribution in [0.1, 0.15) is 35.2 Å². The Kier molecular flexibility index (Phi) is 5.44. The Morgan fingerprint density at radius 3 is 2.52 bits per heavy atom. The van der Waals surface area contributed by atoms with Gasteiger partial charge in [0, 0.05) is 13.5 Å². The van der Waals surface area contributed by atoms with E-state index in [0.29, 0.717) is 12.1 Å². The van der Waals surface area contributed by atoms with Gasteiger partial charge in [-0.25, -0.2) is 9.78 Å². The van der Waals surface area contributed by atoms with Crippen molar-refractivity contribution in [1.29, 1.82) is 0 Å². The Morgan fingerprint density at radius 1 is 1.15 bits per heavy atom. The number of benzene rings is 2. The van der Waals surface area contributed by atoms with Gasteiger partial charge in [0.15, 0.2) is 5.82 Å². The van der Waals surface area contributed by atoms with E-state index in [1.807, 2.05) is 0 Å². The molecule has 27 heavy (non-hydrogen) atoms. The molecule has 0 saturated carbocycles. The molecule has 0 fully saturated rings. The van der Waals surface area contributed by atoms with E-state index in [1.165, 1.54) is 13.0 Å². The first-order chi connectivity index (χ1) is 13.0. The van der Waals surface area contributed by atoms with Gasteiger partial charge >= 0.3 is 12.5 Å². The number of para-hydroxylation sites is 2. The highest BCUT2D eigenvalue weighted by Gasteiger charge is 2.19. The molecule has 8 heteroatoms. The van der Waals surface area contributed by atoms with Gasteiger partial charge in [-0.1, -0.05) is 24.3 Å². The first-order valence-electron chi connectivity index (χ1n) is 8.20. The first-order valence-corrected chi connectivity index (χ1v) is 8.20. The van der Waals surface area contributed by atoms with Gasteiger partial charge in [0.2, 0.25) is 5.91 Å². The summed E-state index contributed by atoms with van der Waals surface area (Å²) in [6.07, 6.45) is 0. The number of carbonyl (C=O) groups excluding carboxylic acids is 2. The number of nitrogens with one attached hydrogen (secondary N) is 1. The Hall–Kier alpha value is -3.29. The number of nitrogens with zero attached hydrogens (tertiary/aromatic N) is 2. The molecule has 6 nitrogen and oxygen atoms in total. The van der Waals surface area contributed by atoms with Crippen molar-refractivity contribution in [2.45, 2.75) is 26.6 Å². The van der Waals surface area contributed by atoms with Crippen LogP contribution in [-0.4, -0.2) is 21.4 Å². The van der Waals surface area contributed by atoms with Crippen LogP contribution in [0.15, 0.2) is 48.5 Å². The van der Waals surface area contributed by atoms with Gasteiger partial charge in [0.05, 0.1) is 16.6 Å². The maximum atomic E-state index is 13.4. The van der Waals surface area contributed by atoms with E-state index in [-0.39, 0.29) is 29.4 Å². The second-order valence-corrected chi connectivity index (χ2v) is 5.85. The summed E-state index contributed by atoms with van der Waals surface area (Å²) in [4.78, 5) is 27.2. The van der Waals surface area contributed by atoms with Crippen LogP contribution in [0.4, 0.5) is 8.78 Å². The van der Waals surface area contributed by atoms with Gasteiger partial charge in [0.25, 0.3) is 0 Å². The summed E-state index contributed by atoms with van der Waals surface area (Å²) in [7, 11) is 0. The van der Waals surface area contributed by atoms with E-state index < -0.39 is 12.5 Å². The molecule has 2 aromatic carbocycles. The molecule has 1 heterocycles. The summed E-state index contributed by atoms with van der Waals surface area (Å²) in [5, 5.41) is 2.65. The molecule has 0 spiro atoms. The van der Waals surface area contributed by atoms with Gasteiger partial charge in [-0.3, -0.25) is 9.36 Å². The van der Waals surface area contributed by atoms with Crippen molar-refractivity contribution in [3.63, 3.8) is 0 Å². The fourth-order valence-electron chi connectivity index (χ4n) is 2.61. The average molecular weight is 373 g/mol. The largest absolute Gasteiger partial charge is 0.454 e. The Bertz CT molecular complexity index is 968. The second kappa shape index (κ2) is 7.94. The van der Waals surface area contributed by atoms with E-state index in [2.05, 4.69) is 10.3 Å². The lowest BCUT2D eigenvalue weighted by Gasteiger charge is -2.09. The van der Waals surface area contributed by atoms with Crippen molar-refractivity contribution >= 4 is 22.9 Å². The van der Waals surface area contributed by atoms with Crippen LogP contribution in [-0.2, 0) is 22.7 Å². The standard InChI is InChI=1S/C19H17F2N3O3/c1-12(25)22-10-13-6-8-14(9-7-13)18(26)27-11-17-23-15-4-2-3-5-16(15)24(17)19(20)21/h2-9,19H,10-11H2,1H3,(H,22,25). The highest BCUT2D eigenvalue weighted by molar-refractivity contribution is 5.89. The van der Waals surface area contributed by atoms with Crippen molar-refractivity contribution < 1.29 is 23.1 Å². The Balaban J connectivity index is 1.70. The van der Waals surface area contributed by atoms with Crippen LogP contribution in [0, 0.1) is 0 Å². The number of ether oxygens (including phenoxy) is 1. The number of amides is 1. The topological polar surface area (TPSA) is 73.2 Å². The van der Waals surface area contributed by atoms with E-state index in [1.54, 1.807) is 42.5 Å². The molecule has 0 aliphatic carbocycles. The quantitative estimate of drug-likeness (QED) is 0.672. The van der Waals surface area contributed by atoms with Gasteiger partial charge in [-0.2, -0.15) is 8.78 Å². The molecule has 0 aliphatic heterocycles. The molecular formula is C19H17F2N3O3. The van der Waals surface area contributed by atoms with Gasteiger partial charge < -0.3 is 10.1 Å². The van der Waals surface area contributed by atoms with E-state index in [4.69, 9.17) is 4.74 Å². The van der Waals surface area contributed by atoms with Crippen LogP contribution < -0.4 is 5.32 Å². The predicted molar refractivity (Wildman–Crippen MR) is 94.1 cm³/mol. The number of hydrogen-bond donors (Lipinski definition) is 1. The van der Waals surface area contributed by atoms with Crippen LogP contribution in [0.3, 0.4) is 0 Å². The summed E-state index contributed by atoms with van der Waals surface area (Å²) in [6, 6.07) is 13.0. The lowest BCUT2D eigenvalue weighted by atomic mass is 10.1. The summed E-state index contributed by atoms with van der Waals surface area (Å²) in [6.45, 7) is -1.40. The fraction of sp³-hybridized carbons (Fsp3) is 0.211. The molecule has 0 atom stereocenters. The fourth-order valence-corrected chi connectivity index (χ4v) is 2.61. The molecule has 140 valence electrons. The smallest absolute Gasteiger partial charge is 0.338 e. The minimum atomic E-state index is -2.79. The molecule has 0 aliphatic rings. The summed E-state index contributed by atoms with van der Waals surface area (Å²) in [5.74, 6) is -0.823. The minimum Gasteiger partial charge on any atom is -0.454 e. The van der Waals surface area contributed by atoms with Crippen molar-refractivity contribution in [2.75, 3.05) is 0 Å². The molecule has 1 amide bonds. The van der Waals surface area contributed by atoms with Gasteiger partial charge in [-0.05, 0) is 29.8 Å². The van der Waals surface area contributed by atoms with Crippen molar-refractivity contribution in [3.8, 4) is 0 Å². The lowest BCUT2D eigenvalue weighted by molar-refractivity contribution is -0.119. The molecule has 1 aromatic heterocycles. The minimum absolute atomic E-state index is 0.0261. The van der Waals surface area contributed by atoms with Crippen molar-refractivity contribution in [2.24, 2.45) is 0 Å². The van der Waals surface area contributed by atoms with Gasteiger partial charge in [0.1, 0.15) is 6.61 Å². The van der Waals surface area contributed by atoms with Crippen LogP contribution in [0.2, 0.25) is 0 Å². The Morgan fingerprint density at radius 2 is 1.85 bits per heavy atom. The van der Waals surface area contributed by atoms with Crippen LogP contribution in [0.25, 0.3) is 11.0 Å². The monoisotopic (exact) mass is 373 g/mol. The number of halogens is 2. The van der Waals surface area contributed by atoms with Crippen molar-refractivity contribution in [3.05, 3.63) is 65.5 Å². The number of carbonyl (C=O) groups is 2. The van der Waals surface area contributed by atoms with E-state index in [0.717, 1.165) is 10.1 Å². The van der Waals surface area contributed by atoms with Crippen LogP contribution in [0.5, 0.6) is 0 Å². The highest BCUT2D eigenvalue weighted by atomic mass is 19.3. The number of imidazole rings is 1. The highest BCUT2D eigenvalue weighted by Crippen LogP contribution is 2.23. The molecular weight excluding hydrogens is 356 g/mol. The molecule has 0 radical (unpaired) electrons. The zero-order valence-corrected chi connectivity index (χ0v) is 14.5. The third kappa shape index (κ3) is 4.28. The van der Waals surface area contributed by atoms with E-state index >= 15 is 0 Å². The number of rotatable bonds is 6. The predicted octanol–water partition coefficient (Wildman–Crippen LogP) is 3.42. The summed E-state index contributed by atoms with van der Waals surface area (Å²) in [5.41, 5.74) is 1.79. The molecule has 0 bridgehead atoms. The zero-order chi connectivity index (χ0) is 19.4.